The van der Waals surface area contributed by atoms with Gasteiger partial charge in [0.2, 0.25) is 0 Å². The summed E-state index contributed by atoms with van der Waals surface area (Å²) in [7, 11) is 0. The summed E-state index contributed by atoms with van der Waals surface area (Å²) in [5.74, 6) is -0.215. The molecular formula is C28H32ClF2N7O4. The molecule has 0 radical (unpaired) electrons. The van der Waals surface area contributed by atoms with Gasteiger partial charge in [0.05, 0.1) is 41.4 Å². The number of hydrogen-bond donors (Lipinski definition) is 1. The Hall–Kier alpha value is -3.84. The number of fused-ring (bicyclic) bond motifs is 1. The fourth-order valence-electron chi connectivity index (χ4n) is 4.86. The molecule has 42 heavy (non-hydrogen) atoms. The molecule has 1 saturated heterocycles. The van der Waals surface area contributed by atoms with Gasteiger partial charge in [0, 0.05) is 18.3 Å². The predicted octanol–water partition coefficient (Wildman–Crippen LogP) is 4.90. The molecule has 5 heterocycles. The number of carbonyl (C=O) groups is 1. The molecule has 1 fully saturated rings. The van der Waals surface area contributed by atoms with E-state index in [4.69, 9.17) is 21.1 Å². The summed E-state index contributed by atoms with van der Waals surface area (Å²) in [5.41, 5.74) is 0.132. The van der Waals surface area contributed by atoms with Crippen LogP contribution in [0.4, 0.5) is 13.6 Å². The zero-order chi connectivity index (χ0) is 30.4. The SMILES string of the molecule is Cc1c(-c2cc(OCC(C)(O)c3ccc(F)cn3)c3c(Cl)cnn3c2)nnn1[C@H]1CCN(C(=O)OC(C)(C)C)C[C@H]1F. The molecule has 0 aromatic carbocycles. The summed E-state index contributed by atoms with van der Waals surface area (Å²) in [6, 6.07) is 3.66. The second-order valence-corrected chi connectivity index (χ2v) is 12.0. The fraction of sp³-hybridized carbons (Fsp3) is 0.464. The number of carbonyl (C=O) groups excluding carboxylic acids is 1. The van der Waals surface area contributed by atoms with Crippen LogP contribution in [0.3, 0.4) is 0 Å². The van der Waals surface area contributed by atoms with Crippen LogP contribution in [0.15, 0.2) is 36.8 Å². The molecule has 5 rings (SSSR count). The topological polar surface area (TPSA) is 120 Å². The van der Waals surface area contributed by atoms with Crippen LogP contribution in [0.2, 0.25) is 5.02 Å². The smallest absolute Gasteiger partial charge is 0.410 e. The minimum atomic E-state index is -1.55. The lowest BCUT2D eigenvalue weighted by molar-refractivity contribution is 0.00410. The molecule has 4 aromatic rings. The van der Waals surface area contributed by atoms with Crippen molar-refractivity contribution in [3.05, 3.63) is 59.0 Å². The van der Waals surface area contributed by atoms with Gasteiger partial charge in [-0.2, -0.15) is 5.10 Å². The molecule has 4 aromatic heterocycles. The van der Waals surface area contributed by atoms with Gasteiger partial charge in [-0.15, -0.1) is 5.10 Å². The Bertz CT molecular complexity index is 1600. The average molecular weight is 604 g/mol. The Labute approximate surface area is 246 Å². The van der Waals surface area contributed by atoms with Crippen molar-refractivity contribution in [2.45, 2.75) is 64.5 Å². The zero-order valence-electron chi connectivity index (χ0n) is 23.9. The highest BCUT2D eigenvalue weighted by Gasteiger charge is 2.36. The molecule has 0 spiro atoms. The number of ether oxygens (including phenoxy) is 2. The zero-order valence-corrected chi connectivity index (χ0v) is 24.6. The van der Waals surface area contributed by atoms with Gasteiger partial charge < -0.3 is 19.5 Å². The quantitative estimate of drug-likeness (QED) is 0.331. The van der Waals surface area contributed by atoms with Gasteiger partial charge in [-0.3, -0.25) is 4.98 Å². The number of aliphatic hydroxyl groups is 1. The number of likely N-dealkylation sites (tertiary alicyclic amines) is 1. The molecular weight excluding hydrogens is 572 g/mol. The van der Waals surface area contributed by atoms with Gasteiger partial charge in [-0.25, -0.2) is 22.8 Å². The lowest BCUT2D eigenvalue weighted by Gasteiger charge is -2.35. The average Bonchev–Trinajstić information content (AvgIpc) is 3.48. The monoisotopic (exact) mass is 603 g/mol. The minimum absolute atomic E-state index is 0.118. The number of amides is 1. The van der Waals surface area contributed by atoms with Crippen molar-refractivity contribution in [2.75, 3.05) is 19.7 Å². The Kier molecular flexibility index (Phi) is 7.84. The fourth-order valence-corrected chi connectivity index (χ4v) is 5.08. The number of rotatable bonds is 6. The van der Waals surface area contributed by atoms with Crippen molar-refractivity contribution in [3.63, 3.8) is 0 Å². The van der Waals surface area contributed by atoms with E-state index in [0.29, 0.717) is 46.2 Å². The summed E-state index contributed by atoms with van der Waals surface area (Å²) >= 11 is 6.39. The molecule has 1 aliphatic rings. The van der Waals surface area contributed by atoms with Crippen LogP contribution in [-0.4, -0.2) is 77.2 Å². The molecule has 14 heteroatoms. The molecule has 1 amide bonds. The van der Waals surface area contributed by atoms with Gasteiger partial charge in [-0.1, -0.05) is 16.8 Å². The molecule has 1 aliphatic heterocycles. The van der Waals surface area contributed by atoms with Crippen molar-refractivity contribution in [3.8, 4) is 17.0 Å². The summed E-state index contributed by atoms with van der Waals surface area (Å²) in [4.78, 5) is 17.8. The number of pyridine rings is 2. The number of piperidine rings is 1. The number of nitrogens with zero attached hydrogens (tertiary/aromatic N) is 7. The van der Waals surface area contributed by atoms with E-state index in [9.17, 15) is 14.3 Å². The molecule has 0 aliphatic carbocycles. The third kappa shape index (κ3) is 6.02. The second-order valence-electron chi connectivity index (χ2n) is 11.6. The third-order valence-electron chi connectivity index (χ3n) is 6.99. The van der Waals surface area contributed by atoms with Gasteiger partial charge in [0.15, 0.2) is 0 Å². The predicted molar refractivity (Wildman–Crippen MR) is 150 cm³/mol. The van der Waals surface area contributed by atoms with Crippen molar-refractivity contribution in [1.82, 2.24) is 34.5 Å². The molecule has 0 bridgehead atoms. The van der Waals surface area contributed by atoms with Gasteiger partial charge in [0.1, 0.15) is 46.8 Å². The Morgan fingerprint density at radius 2 is 2.00 bits per heavy atom. The Morgan fingerprint density at radius 3 is 2.67 bits per heavy atom. The standard InChI is InChI=1S/C28H32ClF2N7O4/c1-16-24(34-35-38(16)21-8-9-36(14-20(21)31)26(39)42-27(2,3)4)17-10-22(25-19(29)12-33-37(25)13-17)41-15-28(5,40)23-7-6-18(30)11-32-23/h6-7,10-13,20-21,40H,8-9,14-15H2,1-5H3/t20-,21+,28?/m1/s1. The largest absolute Gasteiger partial charge is 0.488 e. The van der Waals surface area contributed by atoms with E-state index in [-0.39, 0.29) is 18.8 Å². The van der Waals surface area contributed by atoms with E-state index in [0.717, 1.165) is 6.20 Å². The van der Waals surface area contributed by atoms with E-state index in [1.807, 2.05) is 0 Å². The first-order valence-electron chi connectivity index (χ1n) is 13.4. The van der Waals surface area contributed by atoms with E-state index >= 15 is 4.39 Å². The highest BCUT2D eigenvalue weighted by atomic mass is 35.5. The molecule has 11 nitrogen and oxygen atoms in total. The normalized spacial score (nSPS) is 19.1. The van der Waals surface area contributed by atoms with Crippen molar-refractivity contribution in [1.29, 1.82) is 0 Å². The van der Waals surface area contributed by atoms with Crippen LogP contribution in [0.5, 0.6) is 5.75 Å². The number of hydrogen-bond acceptors (Lipinski definition) is 8. The summed E-state index contributed by atoms with van der Waals surface area (Å²) in [5, 5.41) is 24.2. The second kappa shape index (κ2) is 11.1. The van der Waals surface area contributed by atoms with E-state index in [2.05, 4.69) is 20.4 Å². The van der Waals surface area contributed by atoms with Crippen LogP contribution in [0, 0.1) is 12.7 Å². The van der Waals surface area contributed by atoms with E-state index in [1.165, 1.54) is 39.4 Å². The molecule has 1 N–H and O–H groups in total. The Morgan fingerprint density at radius 1 is 1.24 bits per heavy atom. The van der Waals surface area contributed by atoms with Gasteiger partial charge in [-0.05, 0) is 59.2 Å². The number of aromatic nitrogens is 6. The highest BCUT2D eigenvalue weighted by molar-refractivity contribution is 6.34. The first-order valence-corrected chi connectivity index (χ1v) is 13.8. The van der Waals surface area contributed by atoms with E-state index in [1.54, 1.807) is 40.0 Å². The van der Waals surface area contributed by atoms with Crippen LogP contribution >= 0.6 is 11.6 Å². The van der Waals surface area contributed by atoms with Crippen LogP contribution in [-0.2, 0) is 10.3 Å². The van der Waals surface area contributed by atoms with Gasteiger partial charge in [0.25, 0.3) is 0 Å². The lowest BCUT2D eigenvalue weighted by atomic mass is 10.0. The maximum atomic E-state index is 15.4. The first kappa shape index (κ1) is 29.6. The number of alkyl halides is 1. The van der Waals surface area contributed by atoms with E-state index < -0.39 is 35.3 Å². The summed E-state index contributed by atoms with van der Waals surface area (Å²) in [6.45, 7) is 8.55. The first-order chi connectivity index (χ1) is 19.7. The Balaban J connectivity index is 1.39. The molecule has 3 atom stereocenters. The van der Waals surface area contributed by atoms with Crippen molar-refractivity contribution in [2.24, 2.45) is 0 Å². The molecule has 0 saturated carbocycles. The van der Waals surface area contributed by atoms with Crippen LogP contribution in [0.25, 0.3) is 16.8 Å². The maximum Gasteiger partial charge on any atom is 0.410 e. The highest BCUT2D eigenvalue weighted by Crippen LogP contribution is 2.35. The van der Waals surface area contributed by atoms with Crippen LogP contribution < -0.4 is 4.74 Å². The molecule has 1 unspecified atom stereocenters. The van der Waals surface area contributed by atoms with Crippen LogP contribution in [0.1, 0.15) is 51.5 Å². The maximum absolute atomic E-state index is 15.4. The lowest BCUT2D eigenvalue weighted by Crippen LogP contribution is -2.47. The summed E-state index contributed by atoms with van der Waals surface area (Å²) < 4.78 is 43.2. The number of halogens is 3. The van der Waals surface area contributed by atoms with Gasteiger partial charge >= 0.3 is 6.09 Å². The molecule has 224 valence electrons. The minimum Gasteiger partial charge on any atom is -0.488 e. The van der Waals surface area contributed by atoms with Crippen molar-refractivity contribution >= 4 is 23.2 Å². The summed E-state index contributed by atoms with van der Waals surface area (Å²) in [6.07, 6.45) is 2.58. The van der Waals surface area contributed by atoms with Crippen molar-refractivity contribution < 1.29 is 28.2 Å². The third-order valence-corrected chi connectivity index (χ3v) is 7.27.